The normalized spacial score (nSPS) is 12.1. The zero-order valence-corrected chi connectivity index (χ0v) is 15.7. The Morgan fingerprint density at radius 1 is 0.929 bits per heavy atom. The Bertz CT molecular complexity index is 1040. The number of hydrogen-bond donors (Lipinski definition) is 1. The van der Waals surface area contributed by atoms with Crippen LogP contribution in [0.15, 0.2) is 54.6 Å². The zero-order valence-electron chi connectivity index (χ0n) is 15.7. The summed E-state index contributed by atoms with van der Waals surface area (Å²) in [6.45, 7) is 0.324. The van der Waals surface area contributed by atoms with Gasteiger partial charge >= 0.3 is 0 Å². The van der Waals surface area contributed by atoms with Gasteiger partial charge < -0.3 is 19.3 Å². The molecule has 28 heavy (non-hydrogen) atoms. The van der Waals surface area contributed by atoms with Crippen molar-refractivity contribution in [1.82, 2.24) is 0 Å². The molecule has 0 saturated heterocycles. The Hall–Kier alpha value is -3.47. The van der Waals surface area contributed by atoms with Crippen LogP contribution in [0.5, 0.6) is 23.0 Å². The van der Waals surface area contributed by atoms with Gasteiger partial charge in [-0.05, 0) is 29.3 Å². The fourth-order valence-electron chi connectivity index (χ4n) is 3.56. The second-order valence-electron chi connectivity index (χ2n) is 6.58. The summed E-state index contributed by atoms with van der Waals surface area (Å²) in [7, 11) is 3.13. The van der Waals surface area contributed by atoms with Gasteiger partial charge in [0.1, 0.15) is 29.6 Å². The minimum atomic E-state index is -0.279. The van der Waals surface area contributed by atoms with E-state index in [1.807, 2.05) is 36.4 Å². The summed E-state index contributed by atoms with van der Waals surface area (Å²) in [5.41, 5.74) is 3.16. The molecule has 142 valence electrons. The molecular weight excluding hydrogens is 356 g/mol. The maximum absolute atomic E-state index is 13.3. The van der Waals surface area contributed by atoms with Gasteiger partial charge in [-0.25, -0.2) is 0 Å². The van der Waals surface area contributed by atoms with Crippen molar-refractivity contribution in [1.29, 1.82) is 0 Å². The van der Waals surface area contributed by atoms with Crippen molar-refractivity contribution in [3.63, 3.8) is 0 Å². The molecule has 0 aromatic heterocycles. The first-order chi connectivity index (χ1) is 13.6. The van der Waals surface area contributed by atoms with Crippen molar-refractivity contribution in [3.8, 4) is 23.0 Å². The number of fused-ring (bicyclic) bond motifs is 2. The van der Waals surface area contributed by atoms with Crippen molar-refractivity contribution in [2.45, 2.75) is 13.0 Å². The molecule has 0 unspecified atom stereocenters. The highest BCUT2D eigenvalue weighted by molar-refractivity contribution is 6.16. The molecule has 0 aliphatic heterocycles. The predicted octanol–water partition coefficient (Wildman–Crippen LogP) is 4.12. The molecule has 0 saturated carbocycles. The number of hydrogen-bond acceptors (Lipinski definition) is 5. The Morgan fingerprint density at radius 2 is 1.71 bits per heavy atom. The first-order valence-electron chi connectivity index (χ1n) is 8.93. The summed E-state index contributed by atoms with van der Waals surface area (Å²) in [5.74, 6) is 1.28. The van der Waals surface area contributed by atoms with E-state index in [4.69, 9.17) is 14.2 Å². The van der Waals surface area contributed by atoms with Crippen molar-refractivity contribution in [2.24, 2.45) is 0 Å². The van der Waals surface area contributed by atoms with Gasteiger partial charge in [-0.15, -0.1) is 0 Å². The van der Waals surface area contributed by atoms with Crippen LogP contribution in [0.4, 0.5) is 0 Å². The second kappa shape index (κ2) is 7.27. The van der Waals surface area contributed by atoms with E-state index < -0.39 is 0 Å². The molecule has 4 rings (SSSR count). The average Bonchev–Trinajstić information content (AvgIpc) is 2.72. The summed E-state index contributed by atoms with van der Waals surface area (Å²) in [4.78, 5) is 13.3. The van der Waals surface area contributed by atoms with Crippen molar-refractivity contribution >= 4 is 5.78 Å². The van der Waals surface area contributed by atoms with E-state index in [1.165, 1.54) is 6.07 Å². The molecule has 1 N–H and O–H groups in total. The van der Waals surface area contributed by atoms with E-state index >= 15 is 0 Å². The number of carbonyl (C=O) groups is 1. The van der Waals surface area contributed by atoms with Crippen molar-refractivity contribution in [3.05, 3.63) is 82.4 Å². The smallest absolute Gasteiger partial charge is 0.201 e. The van der Waals surface area contributed by atoms with Gasteiger partial charge in [-0.1, -0.05) is 30.3 Å². The molecule has 3 aromatic rings. The first-order valence-corrected chi connectivity index (χ1v) is 8.93. The van der Waals surface area contributed by atoms with Gasteiger partial charge in [0, 0.05) is 18.1 Å². The molecule has 0 heterocycles. The van der Waals surface area contributed by atoms with E-state index in [-0.39, 0.29) is 17.1 Å². The molecule has 5 heteroatoms. The number of phenols is 1. The van der Waals surface area contributed by atoms with E-state index in [9.17, 15) is 9.90 Å². The lowest BCUT2D eigenvalue weighted by Crippen LogP contribution is -2.18. The van der Waals surface area contributed by atoms with Gasteiger partial charge in [-0.2, -0.15) is 0 Å². The Balaban J connectivity index is 1.79. The average molecular weight is 376 g/mol. The van der Waals surface area contributed by atoms with Crippen LogP contribution in [0.2, 0.25) is 0 Å². The highest BCUT2D eigenvalue weighted by Gasteiger charge is 2.32. The van der Waals surface area contributed by atoms with Crippen LogP contribution < -0.4 is 14.2 Å². The third-order valence-electron chi connectivity index (χ3n) is 4.92. The largest absolute Gasteiger partial charge is 0.507 e. The molecule has 0 spiro atoms. The number of aromatic hydroxyl groups is 1. The maximum Gasteiger partial charge on any atom is 0.201 e. The molecule has 0 atom stereocenters. The molecular formula is C23H20O5. The van der Waals surface area contributed by atoms with Crippen LogP contribution >= 0.6 is 0 Å². The highest BCUT2D eigenvalue weighted by Crippen LogP contribution is 2.42. The predicted molar refractivity (Wildman–Crippen MR) is 105 cm³/mol. The van der Waals surface area contributed by atoms with Gasteiger partial charge in [-0.3, -0.25) is 4.79 Å². The highest BCUT2D eigenvalue weighted by atomic mass is 16.5. The summed E-state index contributed by atoms with van der Waals surface area (Å²) >= 11 is 0. The molecule has 3 aromatic carbocycles. The van der Waals surface area contributed by atoms with Gasteiger partial charge in [0.05, 0.1) is 25.3 Å². The first kappa shape index (κ1) is 17.9. The van der Waals surface area contributed by atoms with E-state index in [1.54, 1.807) is 26.4 Å². The van der Waals surface area contributed by atoms with Gasteiger partial charge in [0.15, 0.2) is 0 Å². The third kappa shape index (κ3) is 3.05. The van der Waals surface area contributed by atoms with E-state index in [0.717, 1.165) is 11.1 Å². The van der Waals surface area contributed by atoms with Crippen LogP contribution in [-0.2, 0) is 13.0 Å². The van der Waals surface area contributed by atoms with Gasteiger partial charge in [0.25, 0.3) is 0 Å². The second-order valence-corrected chi connectivity index (χ2v) is 6.58. The van der Waals surface area contributed by atoms with Crippen LogP contribution in [0.25, 0.3) is 0 Å². The number of ether oxygens (including phenoxy) is 3. The number of carbonyl (C=O) groups excluding carboxylic acids is 1. The lowest BCUT2D eigenvalue weighted by atomic mass is 9.83. The zero-order chi connectivity index (χ0) is 19.7. The standard InChI is InChI=1S/C23H20O5/c1-26-16-10-15-11-17-19(27-2)9-8-18(24)22(17)23(25)21(15)20(12-16)28-13-14-6-4-3-5-7-14/h3-10,12,24H,11,13H2,1-2H3. The number of phenolic OH excluding ortho intramolecular Hbond substituents is 1. The Morgan fingerprint density at radius 3 is 2.43 bits per heavy atom. The number of rotatable bonds is 5. The fourth-order valence-corrected chi connectivity index (χ4v) is 3.56. The molecule has 5 nitrogen and oxygen atoms in total. The van der Waals surface area contributed by atoms with Crippen LogP contribution in [-0.4, -0.2) is 25.1 Å². The molecule has 1 aliphatic carbocycles. The van der Waals surface area contributed by atoms with Crippen molar-refractivity contribution < 1.29 is 24.1 Å². The molecule has 0 bridgehead atoms. The summed E-state index contributed by atoms with van der Waals surface area (Å²) in [6.07, 6.45) is 0.437. The van der Waals surface area contributed by atoms with E-state index in [0.29, 0.717) is 41.4 Å². The lowest BCUT2D eigenvalue weighted by Gasteiger charge is -2.24. The van der Waals surface area contributed by atoms with Crippen molar-refractivity contribution in [2.75, 3.05) is 14.2 Å². The molecule has 0 fully saturated rings. The molecule has 1 aliphatic rings. The maximum atomic E-state index is 13.3. The third-order valence-corrected chi connectivity index (χ3v) is 4.92. The minimum absolute atomic E-state index is 0.0590. The quantitative estimate of drug-likeness (QED) is 0.568. The molecule has 0 radical (unpaired) electrons. The Labute approximate surface area is 163 Å². The summed E-state index contributed by atoms with van der Waals surface area (Å²) in [6, 6.07) is 16.4. The minimum Gasteiger partial charge on any atom is -0.507 e. The number of ketones is 1. The van der Waals surface area contributed by atoms with Crippen LogP contribution in [0.1, 0.15) is 32.6 Å². The number of benzene rings is 3. The molecule has 0 amide bonds. The lowest BCUT2D eigenvalue weighted by molar-refractivity contribution is 0.102. The van der Waals surface area contributed by atoms with E-state index in [2.05, 4.69) is 0 Å². The van der Waals surface area contributed by atoms with Crippen LogP contribution in [0.3, 0.4) is 0 Å². The monoisotopic (exact) mass is 376 g/mol. The number of methoxy groups -OCH3 is 2. The Kier molecular flexibility index (Phi) is 4.65. The summed E-state index contributed by atoms with van der Waals surface area (Å²) in [5, 5.41) is 10.3. The summed E-state index contributed by atoms with van der Waals surface area (Å²) < 4.78 is 16.8. The van der Waals surface area contributed by atoms with Gasteiger partial charge in [0.2, 0.25) is 5.78 Å². The topological polar surface area (TPSA) is 65.0 Å². The SMILES string of the molecule is COc1cc2c(c(OCc3ccccc3)c1)C(=O)c1c(O)ccc(OC)c1C2. The van der Waals surface area contributed by atoms with Crippen LogP contribution in [0, 0.1) is 0 Å². The fraction of sp³-hybridized carbons (Fsp3) is 0.174.